The molecule has 9 heavy (non-hydrogen) atoms. The molecule has 0 aromatic carbocycles. The Morgan fingerprint density at radius 2 is 1.44 bits per heavy atom. The molecule has 0 saturated carbocycles. The normalized spacial score (nSPS) is 4.67. The maximum absolute atomic E-state index is 8.33. The quantitative estimate of drug-likeness (QED) is 0.368. The van der Waals surface area contributed by atoms with Crippen molar-refractivity contribution in [2.24, 2.45) is 0 Å². The van der Waals surface area contributed by atoms with Gasteiger partial charge >= 0.3 is 0 Å². The van der Waals surface area contributed by atoms with Crippen molar-refractivity contribution in [2.75, 3.05) is 6.61 Å². The predicted molar refractivity (Wildman–Crippen MR) is 30.1 cm³/mol. The molecule has 60 valence electrons. The molecule has 0 aromatic rings. The van der Waals surface area contributed by atoms with E-state index in [4.69, 9.17) is 20.1 Å². The lowest BCUT2D eigenvalue weighted by Crippen LogP contribution is -2.37. The van der Waals surface area contributed by atoms with Gasteiger partial charge in [-0.1, -0.05) is 0 Å². The van der Waals surface area contributed by atoms with Crippen molar-refractivity contribution < 1.29 is 20.1 Å². The molecule has 0 atom stereocenters. The first-order chi connectivity index (χ1) is 3.15. The van der Waals surface area contributed by atoms with E-state index in [2.05, 4.69) is 0 Å². The first kappa shape index (κ1) is 24.2. The van der Waals surface area contributed by atoms with Crippen LogP contribution in [0, 0.1) is 0 Å². The number of rotatable bonds is 0. The average molecular weight is 142 g/mol. The molecule has 0 aliphatic heterocycles. The van der Waals surface area contributed by atoms with Gasteiger partial charge in [0.25, 0.3) is 0 Å². The summed E-state index contributed by atoms with van der Waals surface area (Å²) in [5.41, 5.74) is 0. The largest absolute Gasteiger partial charge is 0.652 e. The van der Waals surface area contributed by atoms with Gasteiger partial charge in [-0.05, 0) is 13.1 Å². The number of aliphatic hydroxyl groups excluding tert-OH is 1. The molecule has 0 spiro atoms. The molecule has 0 radical (unpaired) electrons. The summed E-state index contributed by atoms with van der Waals surface area (Å²) in [7, 11) is 0. The van der Waals surface area contributed by atoms with E-state index in [1.54, 1.807) is 6.92 Å². The molecule has 9 N–H and O–H groups in total. The van der Waals surface area contributed by atoms with Crippen molar-refractivity contribution in [1.29, 1.82) is 0 Å². The van der Waals surface area contributed by atoms with Crippen molar-refractivity contribution in [1.82, 2.24) is 12.3 Å². The third-order valence-corrected chi connectivity index (χ3v) is 0. The van der Waals surface area contributed by atoms with Gasteiger partial charge in [-0.25, -0.2) is 0 Å². The van der Waals surface area contributed by atoms with Gasteiger partial charge in [0, 0.05) is 6.61 Å². The van der Waals surface area contributed by atoms with E-state index in [9.17, 15) is 0 Å². The molecule has 0 rings (SSSR count). The Balaban J connectivity index is -0.0000000233. The number of carbonyl (C=O) groups is 1. The first-order valence-corrected chi connectivity index (χ1v) is 1.64. The molecule has 0 unspecified atom stereocenters. The minimum Gasteiger partial charge on any atom is -0.652 e. The molecule has 0 bridgehead atoms. The van der Waals surface area contributed by atoms with Crippen LogP contribution in [0.15, 0.2) is 0 Å². The number of hydrogen-bond acceptors (Lipinski definition) is 4. The molecule has 0 saturated heterocycles. The van der Waals surface area contributed by atoms with Crippen LogP contribution in [-0.4, -0.2) is 17.9 Å². The summed E-state index contributed by atoms with van der Waals surface area (Å²) in [6.45, 7) is 1.93. The van der Waals surface area contributed by atoms with Gasteiger partial charge < -0.3 is 32.4 Å². The van der Waals surface area contributed by atoms with Gasteiger partial charge in [0.1, 0.15) is 0 Å². The molecule has 6 nitrogen and oxygen atoms in total. The zero-order chi connectivity index (χ0) is 6.28. The predicted octanol–water partition coefficient (Wildman–Crippen LogP) is -1.70. The Hall–Kier alpha value is -0.850. The van der Waals surface area contributed by atoms with Crippen molar-refractivity contribution in [3.63, 3.8) is 0 Å². The highest BCUT2D eigenvalue weighted by Crippen LogP contribution is 1.30. The number of quaternary nitrogens is 2. The fourth-order valence-corrected chi connectivity index (χ4v) is 0. The van der Waals surface area contributed by atoms with E-state index in [1.807, 2.05) is 0 Å². The zero-order valence-corrected chi connectivity index (χ0v) is 5.88. The molecule has 0 aliphatic carbocycles. The minimum absolute atomic E-state index is 0. The molecule has 0 aromatic heterocycles. The van der Waals surface area contributed by atoms with Crippen LogP contribution in [0.2, 0.25) is 0 Å². The van der Waals surface area contributed by atoms with Crippen molar-refractivity contribution in [2.45, 2.75) is 6.92 Å². The second-order valence-electron chi connectivity index (χ2n) is 0.566. The highest BCUT2D eigenvalue weighted by Gasteiger charge is 1.34. The summed E-state index contributed by atoms with van der Waals surface area (Å²) in [5, 5.41) is 24.2. The van der Waals surface area contributed by atoms with Gasteiger partial charge in [0.15, 0.2) is 0 Å². The topological polar surface area (TPSA) is 156 Å². The lowest BCUT2D eigenvalue weighted by Gasteiger charge is -1.96. The SMILES string of the molecule is CCO.O=C([O-])[O-].[NH4+].[NH4+]. The van der Waals surface area contributed by atoms with E-state index in [0.29, 0.717) is 0 Å². The number of carbonyl (C=O) groups excluding carboxylic acids is 1. The Kier molecular flexibility index (Phi) is 73.3. The highest BCUT2D eigenvalue weighted by molar-refractivity contribution is 5.47. The fraction of sp³-hybridized carbons (Fsp3) is 0.667. The van der Waals surface area contributed by atoms with Gasteiger partial charge in [0.05, 0.1) is 0 Å². The summed E-state index contributed by atoms with van der Waals surface area (Å²) in [6.07, 6.45) is -2.33. The third kappa shape index (κ3) is 262. The number of aliphatic hydroxyl groups is 1. The summed E-state index contributed by atoms with van der Waals surface area (Å²) in [5.74, 6) is 0. The summed E-state index contributed by atoms with van der Waals surface area (Å²) in [4.78, 5) is 8.33. The summed E-state index contributed by atoms with van der Waals surface area (Å²) in [6, 6.07) is 0. The number of carboxylic acid groups (broad SMARTS) is 2. The smallest absolute Gasteiger partial charge is 0.0402 e. The van der Waals surface area contributed by atoms with E-state index in [-0.39, 0.29) is 18.9 Å². The van der Waals surface area contributed by atoms with Crippen LogP contribution in [0.3, 0.4) is 0 Å². The standard InChI is InChI=1S/C2H6O.CH2O3.2H3N/c1-2-3;2-1(3)4;;/h3H,2H2,1H3;(H2,2,3,4);2*1H3. The van der Waals surface area contributed by atoms with E-state index in [0.717, 1.165) is 0 Å². The highest BCUT2D eigenvalue weighted by atomic mass is 16.6. The molecule has 0 fully saturated rings. The van der Waals surface area contributed by atoms with Crippen molar-refractivity contribution >= 4 is 6.16 Å². The fourth-order valence-electron chi connectivity index (χ4n) is 0. The van der Waals surface area contributed by atoms with Gasteiger partial charge in [-0.3, -0.25) is 0 Å². The number of hydrogen-bond donors (Lipinski definition) is 3. The lowest BCUT2D eigenvalue weighted by molar-refractivity contribution is -0.415. The van der Waals surface area contributed by atoms with Crippen LogP contribution in [-0.2, 0) is 0 Å². The van der Waals surface area contributed by atoms with Gasteiger partial charge in [0.2, 0.25) is 0 Å². The van der Waals surface area contributed by atoms with Crippen molar-refractivity contribution in [3.05, 3.63) is 0 Å². The second-order valence-corrected chi connectivity index (χ2v) is 0.566. The molecular weight excluding hydrogens is 128 g/mol. The molecule has 6 heteroatoms. The molecule has 0 aliphatic rings. The maximum atomic E-state index is 8.33. The van der Waals surface area contributed by atoms with Crippen LogP contribution < -0.4 is 22.5 Å². The Bertz CT molecular complexity index is 45.1. The Morgan fingerprint density at radius 1 is 1.44 bits per heavy atom. The first-order valence-electron chi connectivity index (χ1n) is 1.64. The Morgan fingerprint density at radius 3 is 1.44 bits per heavy atom. The second kappa shape index (κ2) is 27.3. The third-order valence-electron chi connectivity index (χ3n) is 0. The summed E-state index contributed by atoms with van der Waals surface area (Å²) < 4.78 is 0. The monoisotopic (exact) mass is 142 g/mol. The van der Waals surface area contributed by atoms with Crippen LogP contribution in [0.1, 0.15) is 6.92 Å². The van der Waals surface area contributed by atoms with Crippen LogP contribution in [0.5, 0.6) is 0 Å². The van der Waals surface area contributed by atoms with E-state index < -0.39 is 6.16 Å². The Labute approximate surface area is 53.3 Å². The molecule has 0 amide bonds. The van der Waals surface area contributed by atoms with Crippen LogP contribution in [0.25, 0.3) is 0 Å². The van der Waals surface area contributed by atoms with E-state index >= 15 is 0 Å². The lowest BCUT2D eigenvalue weighted by atomic mass is 10.9. The van der Waals surface area contributed by atoms with Crippen molar-refractivity contribution in [3.8, 4) is 0 Å². The average Bonchev–Trinajstić information content (AvgIpc) is 1.33. The van der Waals surface area contributed by atoms with Gasteiger partial charge in [-0.15, -0.1) is 0 Å². The minimum atomic E-state index is -2.33. The maximum Gasteiger partial charge on any atom is 0.0402 e. The van der Waals surface area contributed by atoms with E-state index in [1.165, 1.54) is 0 Å². The molecular formula is C3H14N2O4. The van der Waals surface area contributed by atoms with Gasteiger partial charge in [-0.2, -0.15) is 0 Å². The van der Waals surface area contributed by atoms with Crippen LogP contribution in [0.4, 0.5) is 4.79 Å². The zero-order valence-electron chi connectivity index (χ0n) is 5.88. The molecule has 0 heterocycles. The van der Waals surface area contributed by atoms with Crippen LogP contribution >= 0.6 is 0 Å². The summed E-state index contributed by atoms with van der Waals surface area (Å²) >= 11 is 0.